The largest absolute Gasteiger partial charge is 0.506 e. The fourth-order valence-electron chi connectivity index (χ4n) is 1.90. The van der Waals surface area contributed by atoms with E-state index in [4.69, 9.17) is 5.73 Å². The van der Waals surface area contributed by atoms with Crippen LogP contribution in [0.5, 0.6) is 5.75 Å². The van der Waals surface area contributed by atoms with E-state index in [1.807, 2.05) is 0 Å². The van der Waals surface area contributed by atoms with Gasteiger partial charge in [-0.05, 0) is 45.8 Å². The number of nitrogens with one attached hydrogen (secondary N) is 1. The monoisotopic (exact) mass is 487 g/mol. The van der Waals surface area contributed by atoms with E-state index in [1.54, 1.807) is 36.4 Å². The van der Waals surface area contributed by atoms with Crippen LogP contribution in [0.15, 0.2) is 55.2 Å². The summed E-state index contributed by atoms with van der Waals surface area (Å²) in [5.41, 5.74) is 6.78. The molecular formula is C16H15Br2N3O3S. The molecule has 0 aliphatic carbocycles. The van der Waals surface area contributed by atoms with E-state index >= 15 is 0 Å². The third-order valence-electron chi connectivity index (χ3n) is 3.18. The summed E-state index contributed by atoms with van der Waals surface area (Å²) in [4.78, 5) is 3.64. The van der Waals surface area contributed by atoms with Gasteiger partial charge in [-0.1, -0.05) is 40.2 Å². The van der Waals surface area contributed by atoms with E-state index in [-0.39, 0.29) is 16.6 Å². The van der Waals surface area contributed by atoms with E-state index < -0.39 is 10.0 Å². The van der Waals surface area contributed by atoms with Crippen molar-refractivity contribution in [3.05, 3.63) is 56.5 Å². The molecule has 6 nitrogen and oxygen atoms in total. The van der Waals surface area contributed by atoms with Crippen molar-refractivity contribution in [1.82, 2.24) is 4.72 Å². The summed E-state index contributed by atoms with van der Waals surface area (Å²) in [6.07, 6.45) is 3.49. The maximum absolute atomic E-state index is 12.1. The van der Waals surface area contributed by atoms with Gasteiger partial charge in [0.15, 0.2) is 0 Å². The number of phenolic OH excluding ortho intramolecular Hbond substituents is 1. The van der Waals surface area contributed by atoms with Gasteiger partial charge in [-0.3, -0.25) is 4.99 Å². The molecule has 0 spiro atoms. The Morgan fingerprint density at radius 2 is 1.84 bits per heavy atom. The van der Waals surface area contributed by atoms with Gasteiger partial charge in [-0.15, -0.1) is 0 Å². The Labute approximate surface area is 162 Å². The van der Waals surface area contributed by atoms with Crippen LogP contribution in [0.25, 0.3) is 12.2 Å². The summed E-state index contributed by atoms with van der Waals surface area (Å²) in [6.45, 7) is 0. The maximum Gasteiger partial charge on any atom is 0.264 e. The van der Waals surface area contributed by atoms with Crippen molar-refractivity contribution in [1.29, 1.82) is 0 Å². The summed E-state index contributed by atoms with van der Waals surface area (Å²) in [5, 5.41) is 10.0. The molecule has 0 aromatic heterocycles. The van der Waals surface area contributed by atoms with Gasteiger partial charge < -0.3 is 10.8 Å². The number of nitrogens with zero attached hydrogens (tertiary/aromatic N) is 1. The van der Waals surface area contributed by atoms with Crippen molar-refractivity contribution < 1.29 is 13.5 Å². The molecule has 0 heterocycles. The summed E-state index contributed by atoms with van der Waals surface area (Å²) in [7, 11) is -2.37. The minimum atomic E-state index is -3.76. The van der Waals surface area contributed by atoms with Gasteiger partial charge in [0.1, 0.15) is 5.75 Å². The highest BCUT2D eigenvalue weighted by Gasteiger charge is 2.14. The predicted octanol–water partition coefficient (Wildman–Crippen LogP) is 3.31. The summed E-state index contributed by atoms with van der Waals surface area (Å²) in [5.74, 6) is -0.0585. The van der Waals surface area contributed by atoms with E-state index in [0.717, 1.165) is 10.0 Å². The molecule has 0 aliphatic heterocycles. The molecule has 0 fully saturated rings. The Morgan fingerprint density at radius 1 is 1.20 bits per heavy atom. The lowest BCUT2D eigenvalue weighted by Crippen LogP contribution is -2.36. The maximum atomic E-state index is 12.1. The number of benzene rings is 2. The zero-order chi connectivity index (χ0) is 18.6. The molecule has 9 heteroatoms. The van der Waals surface area contributed by atoms with E-state index in [9.17, 15) is 13.5 Å². The average molecular weight is 489 g/mol. The normalized spacial score (nSPS) is 12.5. The Bertz CT molecular complexity index is 940. The average Bonchev–Trinajstić information content (AvgIpc) is 2.56. The van der Waals surface area contributed by atoms with Crippen LogP contribution in [0, 0.1) is 0 Å². The Kier molecular flexibility index (Phi) is 6.26. The van der Waals surface area contributed by atoms with Crippen molar-refractivity contribution in [2.24, 2.45) is 10.7 Å². The van der Waals surface area contributed by atoms with Gasteiger partial charge >= 0.3 is 0 Å². The minimum Gasteiger partial charge on any atom is -0.506 e. The molecule has 0 unspecified atom stereocenters. The molecule has 0 amide bonds. The van der Waals surface area contributed by atoms with Gasteiger partial charge in [0.05, 0.1) is 9.37 Å². The molecule has 2 aromatic carbocycles. The van der Waals surface area contributed by atoms with E-state index in [0.29, 0.717) is 10.0 Å². The van der Waals surface area contributed by atoms with Crippen LogP contribution in [0.2, 0.25) is 0 Å². The number of rotatable bonds is 4. The van der Waals surface area contributed by atoms with Gasteiger partial charge in [0, 0.05) is 17.1 Å². The third-order valence-corrected chi connectivity index (χ3v) is 5.62. The smallest absolute Gasteiger partial charge is 0.264 e. The van der Waals surface area contributed by atoms with Gasteiger partial charge in [-0.25, -0.2) is 13.1 Å². The highest BCUT2D eigenvalue weighted by molar-refractivity contribution is 9.11. The summed E-state index contributed by atoms with van der Waals surface area (Å²) in [6, 6.07) is 9.73. The lowest BCUT2D eigenvalue weighted by molar-refractivity contribution is 0.470. The van der Waals surface area contributed by atoms with Crippen molar-refractivity contribution in [2.45, 2.75) is 4.90 Å². The quantitative estimate of drug-likeness (QED) is 0.348. The second-order valence-corrected chi connectivity index (χ2v) is 8.39. The fraction of sp³-hybridized carbons (Fsp3) is 0.0625. The number of halogens is 2. The lowest BCUT2D eigenvalue weighted by atomic mass is 10.1. The molecular weight excluding hydrogens is 474 g/mol. The Balaban J connectivity index is 2.24. The highest BCUT2D eigenvalue weighted by Crippen LogP contribution is 2.32. The second-order valence-electron chi connectivity index (χ2n) is 4.94. The molecule has 0 bridgehead atoms. The second kappa shape index (κ2) is 8.03. The van der Waals surface area contributed by atoms with Crippen molar-refractivity contribution in [3.8, 4) is 5.75 Å². The van der Waals surface area contributed by atoms with E-state index in [1.165, 1.54) is 19.2 Å². The molecule has 4 N–H and O–H groups in total. The highest BCUT2D eigenvalue weighted by atomic mass is 79.9. The van der Waals surface area contributed by atoms with Gasteiger partial charge in [0.2, 0.25) is 5.96 Å². The zero-order valence-electron chi connectivity index (χ0n) is 13.1. The van der Waals surface area contributed by atoms with Crippen LogP contribution in [0.1, 0.15) is 11.1 Å². The van der Waals surface area contributed by atoms with Crippen LogP contribution < -0.4 is 10.5 Å². The number of aliphatic imine (C=N–C) groups is 1. The number of hydrogen-bond acceptors (Lipinski definition) is 4. The fourth-order valence-corrected chi connectivity index (χ4v) is 4.14. The predicted molar refractivity (Wildman–Crippen MR) is 107 cm³/mol. The zero-order valence-corrected chi connectivity index (χ0v) is 17.1. The first-order chi connectivity index (χ1) is 11.7. The van der Waals surface area contributed by atoms with Crippen LogP contribution in [-0.4, -0.2) is 26.5 Å². The number of nitrogens with two attached hydrogens (primary N) is 1. The molecule has 0 atom stereocenters. The molecule has 0 aliphatic rings. The van der Waals surface area contributed by atoms with Gasteiger partial charge in [-0.2, -0.15) is 0 Å². The number of sulfonamides is 1. The van der Waals surface area contributed by atoms with Crippen LogP contribution in [-0.2, 0) is 10.0 Å². The topological polar surface area (TPSA) is 105 Å². The molecule has 132 valence electrons. The Hall–Kier alpha value is -1.84. The van der Waals surface area contributed by atoms with Crippen molar-refractivity contribution >= 4 is 60.0 Å². The minimum absolute atomic E-state index is 0.0734. The standard InChI is InChI=1S/C16H15Br2N3O3S/c1-20-16(19)21-25(23,24)13-6-3-10(4-7-13)2-5-11-8-12(17)9-14(18)15(11)22/h2-9,22H,1H3,(H3,19,20,21)/b5-2+. The Morgan fingerprint density at radius 3 is 2.44 bits per heavy atom. The van der Waals surface area contributed by atoms with E-state index in [2.05, 4.69) is 41.6 Å². The summed E-state index contributed by atoms with van der Waals surface area (Å²) >= 11 is 6.63. The van der Waals surface area contributed by atoms with Crippen LogP contribution >= 0.6 is 31.9 Å². The molecule has 0 saturated heterocycles. The molecule has 0 radical (unpaired) electrons. The first-order valence-corrected chi connectivity index (χ1v) is 10.0. The first-order valence-electron chi connectivity index (χ1n) is 6.94. The number of aromatic hydroxyl groups is 1. The number of hydrogen-bond donors (Lipinski definition) is 3. The third kappa shape index (κ3) is 5.07. The first kappa shape index (κ1) is 19.5. The SMILES string of the molecule is CN=C(N)NS(=O)(=O)c1ccc(/C=C/c2cc(Br)cc(Br)c2O)cc1. The summed E-state index contributed by atoms with van der Waals surface area (Å²) < 4.78 is 27.7. The van der Waals surface area contributed by atoms with Crippen LogP contribution in [0.3, 0.4) is 0 Å². The molecule has 0 saturated carbocycles. The van der Waals surface area contributed by atoms with Crippen molar-refractivity contribution in [2.75, 3.05) is 7.05 Å². The van der Waals surface area contributed by atoms with Crippen LogP contribution in [0.4, 0.5) is 0 Å². The molecule has 2 rings (SSSR count). The molecule has 25 heavy (non-hydrogen) atoms. The van der Waals surface area contributed by atoms with Gasteiger partial charge in [0.25, 0.3) is 10.0 Å². The lowest BCUT2D eigenvalue weighted by Gasteiger charge is -2.07. The number of phenols is 1. The van der Waals surface area contributed by atoms with Crippen molar-refractivity contribution in [3.63, 3.8) is 0 Å². The number of guanidine groups is 1. The molecule has 2 aromatic rings.